The Balaban J connectivity index is 1.46. The van der Waals surface area contributed by atoms with E-state index in [0.29, 0.717) is 35.1 Å². The topological polar surface area (TPSA) is 116 Å². The van der Waals surface area contributed by atoms with Gasteiger partial charge in [0.1, 0.15) is 11.5 Å². The summed E-state index contributed by atoms with van der Waals surface area (Å²) in [5.41, 5.74) is -0.758. The minimum atomic E-state index is -4.71. The maximum absolute atomic E-state index is 14.2. The second-order valence-electron chi connectivity index (χ2n) is 10.1. The van der Waals surface area contributed by atoms with Crippen LogP contribution >= 0.6 is 0 Å². The number of benzene rings is 1. The summed E-state index contributed by atoms with van der Waals surface area (Å²) in [6, 6.07) is 7.10. The van der Waals surface area contributed by atoms with Gasteiger partial charge in [0, 0.05) is 25.8 Å². The zero-order chi connectivity index (χ0) is 29.9. The smallest absolute Gasteiger partial charge is 0.291 e. The van der Waals surface area contributed by atoms with Crippen molar-refractivity contribution in [2.45, 2.75) is 37.5 Å². The van der Waals surface area contributed by atoms with E-state index in [1.165, 1.54) is 29.2 Å². The van der Waals surface area contributed by atoms with Gasteiger partial charge < -0.3 is 0 Å². The van der Waals surface area contributed by atoms with Crippen molar-refractivity contribution in [3.05, 3.63) is 88.9 Å². The van der Waals surface area contributed by atoms with Gasteiger partial charge in [-0.3, -0.25) is 14.5 Å². The number of carbonyl (C=O) groups is 1. The Morgan fingerprint density at radius 1 is 1.14 bits per heavy atom. The molecule has 2 aliphatic rings. The second-order valence-corrected chi connectivity index (χ2v) is 12.0. The summed E-state index contributed by atoms with van der Waals surface area (Å²) < 4.78 is 85.4. The molecule has 0 radical (unpaired) electrons. The van der Waals surface area contributed by atoms with Crippen LogP contribution in [0.15, 0.2) is 65.6 Å². The fourth-order valence-electron chi connectivity index (χ4n) is 5.47. The molecule has 0 spiro atoms. The van der Waals surface area contributed by atoms with Crippen molar-refractivity contribution in [3.8, 4) is 5.69 Å². The number of nitrogens with zero attached hydrogens (tertiary/aromatic N) is 7. The van der Waals surface area contributed by atoms with Crippen LogP contribution < -0.4 is 0 Å². The summed E-state index contributed by atoms with van der Waals surface area (Å²) in [6.07, 6.45) is 0.794. The Kier molecular flexibility index (Phi) is 6.61. The molecule has 1 aromatic carbocycles. The third kappa shape index (κ3) is 4.61. The minimum absolute atomic E-state index is 0.00177. The molecule has 1 saturated heterocycles. The highest BCUT2D eigenvalue weighted by Crippen LogP contribution is 2.47. The van der Waals surface area contributed by atoms with Gasteiger partial charge in [-0.05, 0) is 67.8 Å². The fourth-order valence-corrected chi connectivity index (χ4v) is 6.85. The number of rotatable bonds is 6. The highest BCUT2D eigenvalue weighted by atomic mass is 32.2. The van der Waals surface area contributed by atoms with Crippen LogP contribution in [0.3, 0.4) is 0 Å². The Bertz CT molecular complexity index is 1830. The molecule has 4 heterocycles. The molecule has 3 aromatic heterocycles. The van der Waals surface area contributed by atoms with Crippen LogP contribution in [0, 0.1) is 11.2 Å². The van der Waals surface area contributed by atoms with Gasteiger partial charge >= 0.3 is 6.18 Å². The highest BCUT2D eigenvalue weighted by Gasteiger charge is 2.52. The van der Waals surface area contributed by atoms with Gasteiger partial charge in [-0.1, -0.05) is 10.8 Å². The number of aryl methyl sites for hydroxylation is 1. The third-order valence-electron chi connectivity index (χ3n) is 7.65. The van der Waals surface area contributed by atoms with Gasteiger partial charge in [0.05, 0.1) is 34.8 Å². The van der Waals surface area contributed by atoms with Gasteiger partial charge in [0.2, 0.25) is 5.03 Å². The molecule has 218 valence electrons. The molecule has 15 heteroatoms. The van der Waals surface area contributed by atoms with Crippen LogP contribution in [-0.4, -0.2) is 61.4 Å². The van der Waals surface area contributed by atoms with Crippen LogP contribution in [0.5, 0.6) is 0 Å². The number of aromatic nitrogens is 6. The number of pyridine rings is 1. The number of piperidine rings is 1. The molecule has 0 N–H and O–H groups in total. The SMILES string of the molecule is CCn1cc(S(=O)(=O)N2CCC3=Cc4c(cnn4-c4ccc(F)cc4)C[C@]3(C(=O)c3cc(C(F)(F)F)ccn3)C2)nn1. The number of ketones is 1. The molecule has 42 heavy (non-hydrogen) atoms. The van der Waals surface area contributed by atoms with Crippen molar-refractivity contribution in [1.29, 1.82) is 0 Å². The largest absolute Gasteiger partial charge is 0.416 e. The van der Waals surface area contributed by atoms with Crippen molar-refractivity contribution < 1.29 is 30.8 Å². The van der Waals surface area contributed by atoms with Gasteiger partial charge in [-0.2, -0.15) is 22.6 Å². The molecule has 1 aliphatic carbocycles. The normalized spacial score (nSPS) is 19.2. The minimum Gasteiger partial charge on any atom is -0.291 e. The third-order valence-corrected chi connectivity index (χ3v) is 9.36. The van der Waals surface area contributed by atoms with E-state index >= 15 is 0 Å². The Labute approximate surface area is 237 Å². The number of fused-ring (bicyclic) bond motifs is 2. The molecular formula is C27H23F4N7O3S. The van der Waals surface area contributed by atoms with E-state index in [9.17, 15) is 30.8 Å². The first-order chi connectivity index (χ1) is 19.9. The van der Waals surface area contributed by atoms with E-state index in [4.69, 9.17) is 0 Å². The summed E-state index contributed by atoms with van der Waals surface area (Å²) in [4.78, 5) is 18.2. The Hall–Kier alpha value is -4.24. The standard InChI is InChI=1S/C27H23F4N7O3S/c1-2-36-15-24(34-35-36)42(40,41)37-10-8-18-12-23-17(14-33-38(23)21-5-3-20(28)4-6-21)13-26(18,16-37)25(39)22-11-19(7-9-32-22)27(29,30)31/h3-7,9,11-12,14-15H,2,8,10,13,16H2,1H3/t26-/m0/s1. The summed E-state index contributed by atoms with van der Waals surface area (Å²) in [5.74, 6) is -1.17. The number of halogens is 4. The van der Waals surface area contributed by atoms with Crippen molar-refractivity contribution >= 4 is 21.9 Å². The lowest BCUT2D eigenvalue weighted by atomic mass is 9.65. The maximum atomic E-state index is 14.2. The van der Waals surface area contributed by atoms with Crippen molar-refractivity contribution in [1.82, 2.24) is 34.1 Å². The van der Waals surface area contributed by atoms with E-state index in [2.05, 4.69) is 20.4 Å². The number of hydrogen-bond donors (Lipinski definition) is 0. The van der Waals surface area contributed by atoms with E-state index in [-0.39, 0.29) is 31.0 Å². The zero-order valence-corrected chi connectivity index (χ0v) is 22.9. The first-order valence-corrected chi connectivity index (χ1v) is 14.4. The van der Waals surface area contributed by atoms with Crippen LogP contribution in [0.2, 0.25) is 0 Å². The summed E-state index contributed by atoms with van der Waals surface area (Å²) in [7, 11) is -4.20. The average molecular weight is 602 g/mol. The highest BCUT2D eigenvalue weighted by molar-refractivity contribution is 7.89. The van der Waals surface area contributed by atoms with Crippen molar-refractivity contribution in [2.24, 2.45) is 5.41 Å². The molecule has 0 bridgehead atoms. The van der Waals surface area contributed by atoms with Crippen LogP contribution in [0.1, 0.15) is 40.7 Å². The summed E-state index contributed by atoms with van der Waals surface area (Å²) >= 11 is 0. The number of sulfonamides is 1. The van der Waals surface area contributed by atoms with Crippen LogP contribution in [0.4, 0.5) is 17.6 Å². The van der Waals surface area contributed by atoms with E-state index < -0.39 is 44.5 Å². The van der Waals surface area contributed by atoms with E-state index in [1.807, 2.05) is 0 Å². The first kappa shape index (κ1) is 27.9. The molecule has 1 fully saturated rings. The lowest BCUT2D eigenvalue weighted by molar-refractivity contribution is -0.137. The molecule has 0 saturated carbocycles. The predicted molar refractivity (Wildman–Crippen MR) is 140 cm³/mol. The molecular weight excluding hydrogens is 578 g/mol. The number of hydrogen-bond acceptors (Lipinski definition) is 7. The van der Waals surface area contributed by atoms with Gasteiger partial charge in [-0.25, -0.2) is 17.5 Å². The van der Waals surface area contributed by atoms with Gasteiger partial charge in [0.15, 0.2) is 5.78 Å². The Morgan fingerprint density at radius 3 is 2.60 bits per heavy atom. The quantitative estimate of drug-likeness (QED) is 0.243. The number of alkyl halides is 3. The molecule has 4 aromatic rings. The molecule has 10 nitrogen and oxygen atoms in total. The second kappa shape index (κ2) is 9.94. The average Bonchev–Trinajstić information content (AvgIpc) is 3.63. The Morgan fingerprint density at radius 2 is 1.90 bits per heavy atom. The van der Waals surface area contributed by atoms with Gasteiger partial charge in [0.25, 0.3) is 10.0 Å². The van der Waals surface area contributed by atoms with Crippen molar-refractivity contribution in [2.75, 3.05) is 13.1 Å². The molecule has 0 unspecified atom stereocenters. The summed E-state index contributed by atoms with van der Waals surface area (Å²) in [6.45, 7) is 1.81. The lowest BCUT2D eigenvalue weighted by Gasteiger charge is -2.44. The fraction of sp³-hybridized carbons (Fsp3) is 0.296. The molecule has 6 rings (SSSR count). The van der Waals surface area contributed by atoms with E-state index in [0.717, 1.165) is 16.6 Å². The van der Waals surface area contributed by atoms with Crippen LogP contribution in [0.25, 0.3) is 11.8 Å². The predicted octanol–water partition coefficient (Wildman–Crippen LogP) is 3.94. The first-order valence-electron chi connectivity index (χ1n) is 12.9. The monoisotopic (exact) mass is 601 g/mol. The number of Topliss-reactive ketones (excluding diaryl/α,β-unsaturated/α-hetero) is 1. The van der Waals surface area contributed by atoms with Gasteiger partial charge in [-0.15, -0.1) is 5.10 Å². The zero-order valence-electron chi connectivity index (χ0n) is 22.1. The summed E-state index contributed by atoms with van der Waals surface area (Å²) in [5, 5.41) is 11.7. The molecule has 0 amide bonds. The maximum Gasteiger partial charge on any atom is 0.416 e. The molecule has 1 aliphatic heterocycles. The number of carbonyl (C=O) groups excluding carboxylic acids is 1. The molecule has 1 atom stereocenters. The van der Waals surface area contributed by atoms with Crippen molar-refractivity contribution in [3.63, 3.8) is 0 Å². The van der Waals surface area contributed by atoms with Crippen LogP contribution in [-0.2, 0) is 29.2 Å². The van der Waals surface area contributed by atoms with E-state index in [1.54, 1.807) is 29.8 Å². The lowest BCUT2D eigenvalue weighted by Crippen LogP contribution is -2.53.